The van der Waals surface area contributed by atoms with Crippen molar-refractivity contribution >= 4 is 48.4 Å². The number of nitrogens with zero attached hydrogens (tertiary/aromatic N) is 1. The summed E-state index contributed by atoms with van der Waals surface area (Å²) in [7, 11) is -3.40. The van der Waals surface area contributed by atoms with Crippen LogP contribution in [0.3, 0.4) is 0 Å². The molecule has 1 fully saturated rings. The van der Waals surface area contributed by atoms with E-state index in [2.05, 4.69) is 26.2 Å². The van der Waals surface area contributed by atoms with Crippen LogP contribution in [0, 0.1) is 5.92 Å². The van der Waals surface area contributed by atoms with E-state index in [1.165, 1.54) is 0 Å². The Balaban J connectivity index is 1.78. The average molecular weight is 469 g/mol. The molecule has 8 heteroatoms. The number of anilines is 1. The summed E-state index contributed by atoms with van der Waals surface area (Å²) >= 11 is 3.51. The lowest BCUT2D eigenvalue weighted by molar-refractivity contribution is 0.0988. The minimum absolute atomic E-state index is 0.0621. The van der Waals surface area contributed by atoms with Crippen LogP contribution < -0.4 is 5.32 Å². The van der Waals surface area contributed by atoms with Crippen molar-refractivity contribution in [2.75, 3.05) is 18.2 Å². The van der Waals surface area contributed by atoms with Crippen LogP contribution in [0.15, 0.2) is 28.9 Å². The van der Waals surface area contributed by atoms with Gasteiger partial charge in [-0.15, -0.1) is 0 Å². The number of carbonyl (C=O) groups is 1. The lowest BCUT2D eigenvalue weighted by Crippen LogP contribution is -2.29. The van der Waals surface area contributed by atoms with E-state index in [1.54, 1.807) is 6.20 Å². The number of rotatable bonds is 7. The number of Topliss-reactive ketones (excluding diaryl/α,β-unsaturated/α-hetero) is 1. The molecule has 0 saturated heterocycles. The second-order valence-corrected chi connectivity index (χ2v) is 9.90. The van der Waals surface area contributed by atoms with Crippen molar-refractivity contribution in [3.63, 3.8) is 0 Å². The molecule has 0 bridgehead atoms. The maximum Gasteiger partial charge on any atom is 0.264 e. The van der Waals surface area contributed by atoms with Gasteiger partial charge in [0.15, 0.2) is 5.78 Å². The van der Waals surface area contributed by atoms with Gasteiger partial charge in [-0.1, -0.05) is 22.9 Å². The lowest BCUT2D eigenvalue weighted by atomic mass is 9.86. The molecule has 1 aromatic heterocycles. The SMILES string of the molecule is CCC(=O)c1cnc2ccc(Br)cc2c1N[C@H]1CC[C@H](COS(C)(=O)=O)CC1. The molecule has 0 spiro atoms. The van der Waals surface area contributed by atoms with Gasteiger partial charge in [0.2, 0.25) is 0 Å². The molecule has 0 aliphatic heterocycles. The molecule has 2 aromatic rings. The molecule has 1 aromatic carbocycles. The third kappa shape index (κ3) is 5.30. The topological polar surface area (TPSA) is 85.4 Å². The molecule has 1 heterocycles. The number of hydrogen-bond acceptors (Lipinski definition) is 6. The van der Waals surface area contributed by atoms with E-state index in [0.717, 1.165) is 53.0 Å². The van der Waals surface area contributed by atoms with Crippen molar-refractivity contribution in [2.45, 2.75) is 45.1 Å². The molecule has 1 aliphatic rings. The van der Waals surface area contributed by atoms with E-state index in [1.807, 2.05) is 25.1 Å². The summed E-state index contributed by atoms with van der Waals surface area (Å²) in [5, 5.41) is 4.51. The standard InChI is InChI=1S/C20H25BrN2O4S/c1-3-19(24)17-11-22-18-9-6-14(21)10-16(18)20(17)23-15-7-4-13(5-8-15)12-27-28(2,25)26/h6,9-11,13,15H,3-5,7-8,12H2,1-2H3,(H,22,23)/t13-,15-. The van der Waals surface area contributed by atoms with E-state index >= 15 is 0 Å². The number of halogens is 1. The van der Waals surface area contributed by atoms with E-state index in [4.69, 9.17) is 4.18 Å². The number of aromatic nitrogens is 1. The van der Waals surface area contributed by atoms with Crippen molar-refractivity contribution in [2.24, 2.45) is 5.92 Å². The van der Waals surface area contributed by atoms with Crippen molar-refractivity contribution in [1.29, 1.82) is 0 Å². The Hall–Kier alpha value is -1.51. The number of ketones is 1. The zero-order chi connectivity index (χ0) is 20.3. The average Bonchev–Trinajstić information content (AvgIpc) is 2.66. The molecule has 1 aliphatic carbocycles. The fourth-order valence-corrected chi connectivity index (χ4v) is 4.42. The fraction of sp³-hybridized carbons (Fsp3) is 0.500. The molecule has 0 atom stereocenters. The van der Waals surface area contributed by atoms with Crippen LogP contribution in [-0.2, 0) is 14.3 Å². The lowest BCUT2D eigenvalue weighted by Gasteiger charge is -2.30. The number of pyridine rings is 1. The smallest absolute Gasteiger partial charge is 0.264 e. The second-order valence-electron chi connectivity index (χ2n) is 7.34. The third-order valence-electron chi connectivity index (χ3n) is 5.16. The van der Waals surface area contributed by atoms with Gasteiger partial charge in [-0.2, -0.15) is 8.42 Å². The maximum absolute atomic E-state index is 12.5. The Morgan fingerprint density at radius 2 is 2.00 bits per heavy atom. The highest BCUT2D eigenvalue weighted by Crippen LogP contribution is 2.33. The number of carbonyl (C=O) groups excluding carboxylic acids is 1. The summed E-state index contributed by atoms with van der Waals surface area (Å²) in [6.45, 7) is 2.10. The molecule has 152 valence electrons. The first-order valence-corrected chi connectivity index (χ1v) is 12.1. The van der Waals surface area contributed by atoms with Gasteiger partial charge in [-0.25, -0.2) is 0 Å². The molecule has 28 heavy (non-hydrogen) atoms. The van der Waals surface area contributed by atoms with Gasteiger partial charge in [-0.3, -0.25) is 14.0 Å². The van der Waals surface area contributed by atoms with Gasteiger partial charge >= 0.3 is 0 Å². The monoisotopic (exact) mass is 468 g/mol. The van der Waals surface area contributed by atoms with Crippen LogP contribution in [0.25, 0.3) is 10.9 Å². The van der Waals surface area contributed by atoms with Gasteiger partial charge in [0.05, 0.1) is 29.6 Å². The minimum atomic E-state index is -3.40. The summed E-state index contributed by atoms with van der Waals surface area (Å²) < 4.78 is 28.3. The third-order valence-corrected chi connectivity index (χ3v) is 6.22. The Morgan fingerprint density at radius 1 is 1.29 bits per heavy atom. The van der Waals surface area contributed by atoms with E-state index in [9.17, 15) is 13.2 Å². The molecule has 3 rings (SSSR count). The zero-order valence-corrected chi connectivity index (χ0v) is 18.5. The molecule has 1 N–H and O–H groups in total. The quantitative estimate of drug-likeness (QED) is 0.474. The van der Waals surface area contributed by atoms with Crippen LogP contribution >= 0.6 is 15.9 Å². The molecule has 0 amide bonds. The molecule has 0 radical (unpaired) electrons. The first-order valence-electron chi connectivity index (χ1n) is 9.49. The summed E-state index contributed by atoms with van der Waals surface area (Å²) in [5.74, 6) is 0.306. The van der Waals surface area contributed by atoms with Crippen molar-refractivity contribution in [3.05, 3.63) is 34.4 Å². The number of nitrogens with one attached hydrogen (secondary N) is 1. The normalized spacial score (nSPS) is 20.2. The number of benzene rings is 1. The Morgan fingerprint density at radius 3 is 2.64 bits per heavy atom. The summed E-state index contributed by atoms with van der Waals surface area (Å²) in [6.07, 6.45) is 6.74. The first kappa shape index (κ1) is 21.2. The summed E-state index contributed by atoms with van der Waals surface area (Å²) in [4.78, 5) is 16.9. The zero-order valence-electron chi connectivity index (χ0n) is 16.1. The highest BCUT2D eigenvalue weighted by molar-refractivity contribution is 9.10. The van der Waals surface area contributed by atoms with Crippen LogP contribution in [0.1, 0.15) is 49.4 Å². The molecule has 0 unspecified atom stereocenters. The molecular formula is C20H25BrN2O4S. The first-order chi connectivity index (χ1) is 13.3. The van der Waals surface area contributed by atoms with Gasteiger partial charge in [0.1, 0.15) is 0 Å². The van der Waals surface area contributed by atoms with E-state index in [0.29, 0.717) is 12.0 Å². The van der Waals surface area contributed by atoms with E-state index < -0.39 is 10.1 Å². The summed E-state index contributed by atoms with van der Waals surface area (Å²) in [6, 6.07) is 6.09. The van der Waals surface area contributed by atoms with Crippen LogP contribution in [0.2, 0.25) is 0 Å². The number of fused-ring (bicyclic) bond motifs is 1. The number of hydrogen-bond donors (Lipinski definition) is 1. The van der Waals surface area contributed by atoms with Crippen LogP contribution in [0.5, 0.6) is 0 Å². The molecule has 1 saturated carbocycles. The fourth-order valence-electron chi connectivity index (χ4n) is 3.62. The van der Waals surface area contributed by atoms with E-state index in [-0.39, 0.29) is 24.3 Å². The van der Waals surface area contributed by atoms with Crippen LogP contribution in [0.4, 0.5) is 5.69 Å². The van der Waals surface area contributed by atoms with Gasteiger partial charge in [0, 0.05) is 28.5 Å². The van der Waals surface area contributed by atoms with Gasteiger partial charge in [-0.05, 0) is 49.8 Å². The Kier molecular flexibility index (Phi) is 6.73. The van der Waals surface area contributed by atoms with Gasteiger partial charge in [0.25, 0.3) is 10.1 Å². The Bertz CT molecular complexity index is 970. The minimum Gasteiger partial charge on any atom is -0.381 e. The predicted octanol–water partition coefficient (Wildman–Crippen LogP) is 4.54. The van der Waals surface area contributed by atoms with Crippen LogP contribution in [-0.4, -0.2) is 38.1 Å². The highest BCUT2D eigenvalue weighted by Gasteiger charge is 2.24. The van der Waals surface area contributed by atoms with Crippen molar-refractivity contribution in [1.82, 2.24) is 4.98 Å². The Labute approximate surface area is 174 Å². The molecular weight excluding hydrogens is 444 g/mol. The predicted molar refractivity (Wildman–Crippen MR) is 114 cm³/mol. The highest BCUT2D eigenvalue weighted by atomic mass is 79.9. The van der Waals surface area contributed by atoms with Gasteiger partial charge < -0.3 is 5.32 Å². The molecule has 6 nitrogen and oxygen atoms in total. The summed E-state index contributed by atoms with van der Waals surface area (Å²) in [5.41, 5.74) is 2.30. The van der Waals surface area contributed by atoms with Crippen molar-refractivity contribution in [3.8, 4) is 0 Å². The largest absolute Gasteiger partial charge is 0.381 e. The van der Waals surface area contributed by atoms with Crippen molar-refractivity contribution < 1.29 is 17.4 Å². The maximum atomic E-state index is 12.5. The second kappa shape index (κ2) is 8.88.